The van der Waals surface area contributed by atoms with Gasteiger partial charge in [-0.25, -0.2) is 4.79 Å². The third-order valence-electron chi connectivity index (χ3n) is 3.62. The third kappa shape index (κ3) is 4.75. The zero-order chi connectivity index (χ0) is 17.0. The van der Waals surface area contributed by atoms with Crippen LogP contribution in [-0.2, 0) is 17.7 Å². The van der Waals surface area contributed by atoms with Crippen molar-refractivity contribution in [3.8, 4) is 0 Å². The number of rotatable bonds is 5. The minimum atomic E-state index is -0.471. The van der Waals surface area contributed by atoms with Gasteiger partial charge in [0.1, 0.15) is 5.60 Å². The molecule has 4 nitrogen and oxygen atoms in total. The number of nitrogens with zero attached hydrogens (tertiary/aromatic N) is 1. The van der Waals surface area contributed by atoms with Gasteiger partial charge in [-0.3, -0.25) is 0 Å². The predicted octanol–water partition coefficient (Wildman–Crippen LogP) is 4.51. The van der Waals surface area contributed by atoms with Crippen LogP contribution in [-0.4, -0.2) is 22.3 Å². The van der Waals surface area contributed by atoms with Crippen LogP contribution >= 0.6 is 0 Å². The number of carbonyl (C=O) groups is 1. The maximum absolute atomic E-state index is 11.9. The molecule has 0 radical (unpaired) electrons. The van der Waals surface area contributed by atoms with Gasteiger partial charge in [0.15, 0.2) is 0 Å². The normalized spacial score (nSPS) is 13.1. The van der Waals surface area contributed by atoms with Crippen molar-refractivity contribution < 1.29 is 9.53 Å². The highest BCUT2D eigenvalue weighted by molar-refractivity contribution is 5.84. The molecule has 1 aromatic carbocycles. The second-order valence-electron chi connectivity index (χ2n) is 7.12. The number of hydrogen-bond acceptors (Lipinski definition) is 2. The lowest BCUT2D eigenvalue weighted by Gasteiger charge is -2.21. The first-order valence-electron chi connectivity index (χ1n) is 8.36. The van der Waals surface area contributed by atoms with Gasteiger partial charge in [0.2, 0.25) is 0 Å². The Kier molecular flexibility index (Phi) is 5.34. The summed E-state index contributed by atoms with van der Waals surface area (Å²) in [6.45, 7) is 10.8. The Balaban J connectivity index is 2.10. The molecule has 0 aliphatic carbocycles. The fourth-order valence-corrected chi connectivity index (χ4v) is 2.80. The van der Waals surface area contributed by atoms with Crippen molar-refractivity contribution in [1.29, 1.82) is 0 Å². The second-order valence-corrected chi connectivity index (χ2v) is 7.12. The second kappa shape index (κ2) is 7.07. The zero-order valence-electron chi connectivity index (χ0n) is 14.8. The number of aryl methyl sites for hydroxylation is 1. The summed E-state index contributed by atoms with van der Waals surface area (Å²) < 4.78 is 7.62. The summed E-state index contributed by atoms with van der Waals surface area (Å²) in [6.07, 6.45) is 3.74. The lowest BCUT2D eigenvalue weighted by Crippen LogP contribution is -2.38. The Morgan fingerprint density at radius 1 is 1.30 bits per heavy atom. The van der Waals surface area contributed by atoms with Crippen LogP contribution in [0.25, 0.3) is 10.9 Å². The summed E-state index contributed by atoms with van der Waals surface area (Å²) in [5.74, 6) is 0. The number of para-hydroxylation sites is 1. The van der Waals surface area contributed by atoms with E-state index in [0.29, 0.717) is 0 Å². The third-order valence-corrected chi connectivity index (χ3v) is 3.62. The van der Waals surface area contributed by atoms with Crippen LogP contribution in [0, 0.1) is 0 Å². The van der Waals surface area contributed by atoms with Gasteiger partial charge in [-0.05, 0) is 52.2 Å². The van der Waals surface area contributed by atoms with Crippen molar-refractivity contribution in [2.45, 2.75) is 65.6 Å². The van der Waals surface area contributed by atoms with Gasteiger partial charge in [0.25, 0.3) is 0 Å². The molecule has 0 bridgehead atoms. The van der Waals surface area contributed by atoms with Crippen molar-refractivity contribution in [2.24, 2.45) is 0 Å². The highest BCUT2D eigenvalue weighted by Gasteiger charge is 2.18. The monoisotopic (exact) mass is 316 g/mol. The van der Waals surface area contributed by atoms with E-state index in [4.69, 9.17) is 4.74 Å². The molecule has 4 heteroatoms. The van der Waals surface area contributed by atoms with Crippen molar-refractivity contribution >= 4 is 17.0 Å². The van der Waals surface area contributed by atoms with Crippen LogP contribution in [0.1, 0.15) is 46.6 Å². The maximum Gasteiger partial charge on any atom is 0.407 e. The van der Waals surface area contributed by atoms with Crippen molar-refractivity contribution in [2.75, 3.05) is 0 Å². The van der Waals surface area contributed by atoms with E-state index in [9.17, 15) is 4.79 Å². The molecule has 1 atom stereocenters. The van der Waals surface area contributed by atoms with E-state index in [-0.39, 0.29) is 12.1 Å². The first-order chi connectivity index (χ1) is 10.8. The molecule has 0 aliphatic rings. The van der Waals surface area contributed by atoms with Crippen LogP contribution < -0.4 is 5.32 Å². The Labute approximate surface area is 138 Å². The molecular formula is C19H28N2O2. The van der Waals surface area contributed by atoms with Crippen LogP contribution in [0.4, 0.5) is 4.79 Å². The lowest BCUT2D eigenvalue weighted by atomic mass is 10.1. The van der Waals surface area contributed by atoms with E-state index < -0.39 is 5.60 Å². The number of benzene rings is 1. The fraction of sp³-hybridized carbons (Fsp3) is 0.526. The number of fused-ring (bicyclic) bond motifs is 1. The molecule has 0 fully saturated rings. The average Bonchev–Trinajstić information content (AvgIpc) is 2.75. The van der Waals surface area contributed by atoms with E-state index in [1.165, 1.54) is 16.5 Å². The average molecular weight is 316 g/mol. The quantitative estimate of drug-likeness (QED) is 0.882. The maximum atomic E-state index is 11.9. The molecule has 1 aromatic heterocycles. The minimum Gasteiger partial charge on any atom is -0.444 e. The number of ether oxygens (including phenoxy) is 1. The zero-order valence-corrected chi connectivity index (χ0v) is 14.8. The molecular weight excluding hydrogens is 288 g/mol. The van der Waals surface area contributed by atoms with Gasteiger partial charge in [-0.2, -0.15) is 0 Å². The predicted molar refractivity (Wildman–Crippen MR) is 94.8 cm³/mol. The summed E-state index contributed by atoms with van der Waals surface area (Å²) in [5, 5.41) is 4.18. The Hall–Kier alpha value is -1.97. The smallest absolute Gasteiger partial charge is 0.407 e. The molecule has 1 heterocycles. The largest absolute Gasteiger partial charge is 0.444 e. The van der Waals surface area contributed by atoms with E-state index in [1.54, 1.807) is 0 Å². The summed E-state index contributed by atoms with van der Waals surface area (Å²) in [4.78, 5) is 11.9. The summed E-state index contributed by atoms with van der Waals surface area (Å²) in [7, 11) is 0. The molecule has 2 aromatic rings. The minimum absolute atomic E-state index is 0.0192. The van der Waals surface area contributed by atoms with Crippen LogP contribution in [0.2, 0.25) is 0 Å². The molecule has 0 saturated heterocycles. The molecule has 1 N–H and O–H groups in total. The van der Waals surface area contributed by atoms with Crippen molar-refractivity contribution in [3.63, 3.8) is 0 Å². The summed E-state index contributed by atoms with van der Waals surface area (Å²) in [5.41, 5.74) is 2.05. The molecule has 0 saturated carbocycles. The van der Waals surface area contributed by atoms with Crippen molar-refractivity contribution in [1.82, 2.24) is 9.88 Å². The van der Waals surface area contributed by atoms with Crippen LogP contribution in [0.3, 0.4) is 0 Å². The van der Waals surface area contributed by atoms with Gasteiger partial charge in [-0.1, -0.05) is 25.1 Å². The fourth-order valence-electron chi connectivity index (χ4n) is 2.80. The number of nitrogens with one attached hydrogen (secondary N) is 1. The number of aromatic nitrogens is 1. The number of alkyl carbamates (subject to hydrolysis) is 1. The highest BCUT2D eigenvalue weighted by Crippen LogP contribution is 2.23. The molecule has 126 valence electrons. The number of carbonyl (C=O) groups excluding carboxylic acids is 1. The molecule has 2 rings (SSSR count). The van der Waals surface area contributed by atoms with E-state index in [2.05, 4.69) is 47.3 Å². The topological polar surface area (TPSA) is 43.3 Å². The van der Waals surface area contributed by atoms with Gasteiger partial charge in [-0.15, -0.1) is 0 Å². The van der Waals surface area contributed by atoms with Crippen molar-refractivity contribution in [3.05, 3.63) is 36.0 Å². The lowest BCUT2D eigenvalue weighted by molar-refractivity contribution is 0.0508. The summed E-state index contributed by atoms with van der Waals surface area (Å²) in [6, 6.07) is 8.46. The SMILES string of the molecule is CCCn1cc(C[C@H](C)NC(=O)OC(C)(C)C)c2ccccc21. The number of hydrogen-bond donors (Lipinski definition) is 1. The van der Waals surface area contributed by atoms with Crippen LogP contribution in [0.15, 0.2) is 30.5 Å². The Morgan fingerprint density at radius 2 is 2.00 bits per heavy atom. The van der Waals surface area contributed by atoms with Gasteiger partial charge in [0.05, 0.1) is 0 Å². The molecule has 23 heavy (non-hydrogen) atoms. The summed E-state index contributed by atoms with van der Waals surface area (Å²) >= 11 is 0. The van der Waals surface area contributed by atoms with E-state index >= 15 is 0 Å². The highest BCUT2D eigenvalue weighted by atomic mass is 16.6. The van der Waals surface area contributed by atoms with Gasteiger partial charge in [0, 0.05) is 29.7 Å². The molecule has 0 spiro atoms. The first-order valence-corrected chi connectivity index (χ1v) is 8.36. The molecule has 0 aliphatic heterocycles. The van der Waals surface area contributed by atoms with E-state index in [1.807, 2.05) is 27.7 Å². The first kappa shape index (κ1) is 17.4. The standard InChI is InChI=1S/C19H28N2O2/c1-6-11-21-13-15(16-9-7-8-10-17(16)21)12-14(2)20-18(22)23-19(3,4)5/h7-10,13-14H,6,11-12H2,1-5H3,(H,20,22)/t14-/m0/s1. The van der Waals surface area contributed by atoms with Gasteiger partial charge >= 0.3 is 6.09 Å². The van der Waals surface area contributed by atoms with E-state index in [0.717, 1.165) is 19.4 Å². The molecule has 0 unspecified atom stereocenters. The molecule has 1 amide bonds. The van der Waals surface area contributed by atoms with Gasteiger partial charge < -0.3 is 14.6 Å². The Bertz CT molecular complexity index is 668. The van der Waals surface area contributed by atoms with Crippen LogP contribution in [0.5, 0.6) is 0 Å². The number of amides is 1. The Morgan fingerprint density at radius 3 is 2.65 bits per heavy atom.